The molecule has 50 valence electrons. The van der Waals surface area contributed by atoms with E-state index in [-0.39, 0.29) is 6.61 Å². The van der Waals surface area contributed by atoms with Gasteiger partial charge < -0.3 is 0 Å². The molecule has 0 radical (unpaired) electrons. The lowest BCUT2D eigenvalue weighted by atomic mass is 10.4. The lowest BCUT2D eigenvalue weighted by Gasteiger charge is -1.94. The van der Waals surface area contributed by atoms with Crippen molar-refractivity contribution in [2.75, 3.05) is 13.7 Å². The molecular formula is C5H7NO2S. The molecule has 0 amide bonds. The molecule has 0 atom stereocenters. The minimum atomic E-state index is 0.149. The van der Waals surface area contributed by atoms with Gasteiger partial charge in [-0.05, 0) is 5.41 Å². The first-order chi connectivity index (χ1) is 4.35. The molecule has 0 N–H and O–H groups in total. The molecule has 0 aromatic heterocycles. The molecule has 0 saturated carbocycles. The fourth-order valence-electron chi connectivity index (χ4n) is 0.221. The third-order valence-corrected chi connectivity index (χ3v) is 0.943. The highest BCUT2D eigenvalue weighted by molar-refractivity contribution is 7.83. The van der Waals surface area contributed by atoms with Crippen molar-refractivity contribution in [3.8, 4) is 6.07 Å². The van der Waals surface area contributed by atoms with E-state index < -0.39 is 0 Å². The van der Waals surface area contributed by atoms with Crippen molar-refractivity contribution < 1.29 is 9.78 Å². The quantitative estimate of drug-likeness (QED) is 0.278. The zero-order chi connectivity index (χ0) is 7.11. The van der Waals surface area contributed by atoms with E-state index in [4.69, 9.17) is 5.26 Å². The maximum atomic E-state index is 8.25. The van der Waals surface area contributed by atoms with Crippen LogP contribution in [0.3, 0.4) is 0 Å². The van der Waals surface area contributed by atoms with E-state index in [0.717, 1.165) is 0 Å². The van der Waals surface area contributed by atoms with Gasteiger partial charge in [0.15, 0.2) is 0 Å². The fraction of sp³-hybridized carbons (Fsp3) is 0.400. The lowest BCUT2D eigenvalue weighted by molar-refractivity contribution is -0.264. The number of hydrogen-bond acceptors (Lipinski definition) is 4. The fourth-order valence-corrected chi connectivity index (χ4v) is 0.353. The summed E-state index contributed by atoms with van der Waals surface area (Å²) >= 11 is 3.75. The van der Waals surface area contributed by atoms with E-state index in [0.29, 0.717) is 5.57 Å². The van der Waals surface area contributed by atoms with Crippen LogP contribution in [-0.2, 0) is 9.78 Å². The highest BCUT2D eigenvalue weighted by Gasteiger charge is 1.91. The summed E-state index contributed by atoms with van der Waals surface area (Å²) in [6.07, 6.45) is 0. The number of thiol groups is 1. The normalized spacial score (nSPS) is 11.0. The van der Waals surface area contributed by atoms with Gasteiger partial charge in [0.05, 0.1) is 18.8 Å². The predicted molar refractivity (Wildman–Crippen MR) is 35.6 cm³/mol. The van der Waals surface area contributed by atoms with E-state index in [1.807, 2.05) is 6.07 Å². The predicted octanol–water partition coefficient (Wildman–Crippen LogP) is 0.902. The van der Waals surface area contributed by atoms with Crippen LogP contribution in [0.2, 0.25) is 0 Å². The molecule has 0 unspecified atom stereocenters. The Morgan fingerprint density at radius 3 is 2.89 bits per heavy atom. The first-order valence-electron chi connectivity index (χ1n) is 2.24. The monoisotopic (exact) mass is 145 g/mol. The molecule has 0 aliphatic rings. The van der Waals surface area contributed by atoms with Crippen LogP contribution in [0.15, 0.2) is 11.0 Å². The van der Waals surface area contributed by atoms with Crippen LogP contribution in [0.25, 0.3) is 0 Å². The van der Waals surface area contributed by atoms with Crippen LogP contribution in [0.4, 0.5) is 0 Å². The molecule has 9 heavy (non-hydrogen) atoms. The number of hydrogen-bond donors (Lipinski definition) is 1. The van der Waals surface area contributed by atoms with Crippen molar-refractivity contribution in [1.29, 1.82) is 5.26 Å². The van der Waals surface area contributed by atoms with Gasteiger partial charge in [0.2, 0.25) is 0 Å². The molecule has 0 aromatic rings. The van der Waals surface area contributed by atoms with E-state index in [1.54, 1.807) is 0 Å². The molecule has 0 rings (SSSR count). The van der Waals surface area contributed by atoms with Crippen molar-refractivity contribution in [1.82, 2.24) is 0 Å². The van der Waals surface area contributed by atoms with Gasteiger partial charge in [0, 0.05) is 0 Å². The highest BCUT2D eigenvalue weighted by atomic mass is 32.1. The molecule has 0 fully saturated rings. The standard InChI is InChI=1S/C5H7NO2S/c1-7-8-3-5(2-6)4-9/h4,9H,3H2,1H3/b5-4-. The van der Waals surface area contributed by atoms with Crippen molar-refractivity contribution in [3.05, 3.63) is 11.0 Å². The van der Waals surface area contributed by atoms with Crippen molar-refractivity contribution in [3.63, 3.8) is 0 Å². The molecular weight excluding hydrogens is 138 g/mol. The summed E-state index contributed by atoms with van der Waals surface area (Å²) in [5.41, 5.74) is 0.431. The molecule has 0 aromatic carbocycles. The molecule has 4 heteroatoms. The summed E-state index contributed by atoms with van der Waals surface area (Å²) in [4.78, 5) is 8.69. The van der Waals surface area contributed by atoms with E-state index in [9.17, 15) is 0 Å². The molecule has 0 heterocycles. The number of nitriles is 1. The SMILES string of the molecule is COOC/C(C#N)=C\S. The van der Waals surface area contributed by atoms with Crippen LogP contribution in [0.1, 0.15) is 0 Å². The highest BCUT2D eigenvalue weighted by Crippen LogP contribution is 1.94. The average molecular weight is 145 g/mol. The van der Waals surface area contributed by atoms with Crippen LogP contribution in [-0.4, -0.2) is 13.7 Å². The minimum Gasteiger partial charge on any atom is -0.240 e. The number of rotatable bonds is 3. The Kier molecular flexibility index (Phi) is 5.32. The molecule has 0 aliphatic carbocycles. The van der Waals surface area contributed by atoms with Gasteiger partial charge >= 0.3 is 0 Å². The van der Waals surface area contributed by atoms with Gasteiger partial charge in [0.1, 0.15) is 6.61 Å². The summed E-state index contributed by atoms with van der Waals surface area (Å²) in [6.45, 7) is 0.149. The van der Waals surface area contributed by atoms with Gasteiger partial charge in [-0.15, -0.1) is 0 Å². The Bertz CT molecular complexity index is 138. The summed E-state index contributed by atoms with van der Waals surface area (Å²) in [7, 11) is 1.38. The third-order valence-electron chi connectivity index (χ3n) is 0.632. The van der Waals surface area contributed by atoms with Crippen LogP contribution >= 0.6 is 12.6 Å². The van der Waals surface area contributed by atoms with Gasteiger partial charge in [-0.1, -0.05) is 0 Å². The zero-order valence-corrected chi connectivity index (χ0v) is 5.89. The first kappa shape index (κ1) is 8.50. The lowest BCUT2D eigenvalue weighted by Crippen LogP contribution is -1.93. The van der Waals surface area contributed by atoms with Gasteiger partial charge in [-0.3, -0.25) is 0 Å². The Morgan fingerprint density at radius 1 is 1.89 bits per heavy atom. The topological polar surface area (TPSA) is 42.2 Å². The molecule has 0 bridgehead atoms. The van der Waals surface area contributed by atoms with Crippen LogP contribution in [0.5, 0.6) is 0 Å². The van der Waals surface area contributed by atoms with E-state index in [2.05, 4.69) is 22.4 Å². The second-order valence-electron chi connectivity index (χ2n) is 1.19. The van der Waals surface area contributed by atoms with Gasteiger partial charge in [-0.25, -0.2) is 9.78 Å². The van der Waals surface area contributed by atoms with Crippen LogP contribution in [0, 0.1) is 11.3 Å². The minimum absolute atomic E-state index is 0.149. The summed E-state index contributed by atoms with van der Waals surface area (Å²) in [5, 5.41) is 9.62. The summed E-state index contributed by atoms with van der Waals surface area (Å²) < 4.78 is 0. The molecule has 0 aliphatic heterocycles. The Balaban J connectivity index is 3.49. The largest absolute Gasteiger partial charge is 0.240 e. The van der Waals surface area contributed by atoms with Crippen LogP contribution < -0.4 is 0 Å². The van der Waals surface area contributed by atoms with Gasteiger partial charge in [0.25, 0.3) is 0 Å². The summed E-state index contributed by atoms with van der Waals surface area (Å²) in [6, 6.07) is 1.87. The van der Waals surface area contributed by atoms with Crippen molar-refractivity contribution in [2.45, 2.75) is 0 Å². The van der Waals surface area contributed by atoms with Gasteiger partial charge in [-0.2, -0.15) is 17.9 Å². The van der Waals surface area contributed by atoms with E-state index in [1.165, 1.54) is 12.5 Å². The summed E-state index contributed by atoms with van der Waals surface area (Å²) in [5.74, 6) is 0. The Hall–Kier alpha value is -0.500. The zero-order valence-electron chi connectivity index (χ0n) is 5.00. The van der Waals surface area contributed by atoms with E-state index >= 15 is 0 Å². The molecule has 0 spiro atoms. The first-order valence-corrected chi connectivity index (χ1v) is 2.75. The molecule has 0 saturated heterocycles. The average Bonchev–Trinajstić information content (AvgIpc) is 1.91. The third kappa shape index (κ3) is 4.03. The Labute approximate surface area is 59.2 Å². The second kappa shape index (κ2) is 5.63. The van der Waals surface area contributed by atoms with Crippen molar-refractivity contribution in [2.24, 2.45) is 0 Å². The smallest absolute Gasteiger partial charge is 0.118 e. The maximum Gasteiger partial charge on any atom is 0.118 e. The number of nitrogens with zero attached hydrogens (tertiary/aromatic N) is 1. The molecule has 3 nitrogen and oxygen atoms in total. The Morgan fingerprint density at radius 2 is 2.56 bits per heavy atom. The second-order valence-corrected chi connectivity index (χ2v) is 1.45. The van der Waals surface area contributed by atoms with Crippen molar-refractivity contribution >= 4 is 12.6 Å². The maximum absolute atomic E-state index is 8.25.